The van der Waals surface area contributed by atoms with E-state index in [2.05, 4.69) is 39.0 Å². The Balaban J connectivity index is 1.90. The average molecular weight is 287 g/mol. The Kier molecular flexibility index (Phi) is 3.59. The normalized spacial score (nSPS) is 18.7. The average Bonchev–Trinajstić information content (AvgIpc) is 3.08. The van der Waals surface area contributed by atoms with E-state index in [-0.39, 0.29) is 0 Å². The van der Waals surface area contributed by atoms with Crippen LogP contribution in [0, 0.1) is 6.92 Å². The molecule has 3 heterocycles. The van der Waals surface area contributed by atoms with Crippen LogP contribution in [0.5, 0.6) is 0 Å². The van der Waals surface area contributed by atoms with Crippen molar-refractivity contribution in [2.75, 3.05) is 32.1 Å². The van der Waals surface area contributed by atoms with Crippen molar-refractivity contribution in [1.82, 2.24) is 29.6 Å². The second kappa shape index (κ2) is 5.40. The molecule has 3 rings (SSSR count). The van der Waals surface area contributed by atoms with Gasteiger partial charge in [0.05, 0.1) is 0 Å². The van der Waals surface area contributed by atoms with Gasteiger partial charge in [0.15, 0.2) is 5.82 Å². The fourth-order valence-corrected chi connectivity index (χ4v) is 2.67. The smallest absolute Gasteiger partial charge is 0.226 e. The summed E-state index contributed by atoms with van der Waals surface area (Å²) in [7, 11) is 6.12. The van der Waals surface area contributed by atoms with Crippen LogP contribution in [-0.4, -0.2) is 62.9 Å². The third-order valence-electron chi connectivity index (χ3n) is 4.06. The zero-order valence-electron chi connectivity index (χ0n) is 13.0. The van der Waals surface area contributed by atoms with Gasteiger partial charge in [0.25, 0.3) is 0 Å². The molecule has 0 bridgehead atoms. The van der Waals surface area contributed by atoms with E-state index in [1.807, 2.05) is 20.2 Å². The molecule has 1 atom stereocenters. The van der Waals surface area contributed by atoms with Gasteiger partial charge in [-0.2, -0.15) is 5.10 Å². The molecule has 21 heavy (non-hydrogen) atoms. The molecule has 0 aromatic carbocycles. The van der Waals surface area contributed by atoms with Crippen LogP contribution in [0.25, 0.3) is 11.5 Å². The summed E-state index contributed by atoms with van der Waals surface area (Å²) in [5.41, 5.74) is 1.87. The van der Waals surface area contributed by atoms with Gasteiger partial charge in [-0.15, -0.1) is 0 Å². The third-order valence-corrected chi connectivity index (χ3v) is 4.06. The third kappa shape index (κ3) is 2.61. The first-order valence-corrected chi connectivity index (χ1v) is 7.15. The van der Waals surface area contributed by atoms with Crippen molar-refractivity contribution in [3.8, 4) is 11.5 Å². The van der Waals surface area contributed by atoms with Crippen molar-refractivity contribution < 1.29 is 0 Å². The Morgan fingerprint density at radius 3 is 2.71 bits per heavy atom. The standard InChI is InChI=1S/C14H21N7/c1-10-7-15-14(21-6-5-11(8-21)19(2)3)18-12(10)13-16-9-17-20(13)4/h7,9,11H,5-6,8H2,1-4H3/t11-/m0/s1. The highest BCUT2D eigenvalue weighted by Crippen LogP contribution is 2.23. The number of anilines is 1. The van der Waals surface area contributed by atoms with E-state index in [4.69, 9.17) is 4.98 Å². The number of hydrogen-bond donors (Lipinski definition) is 0. The van der Waals surface area contributed by atoms with Crippen LogP contribution in [-0.2, 0) is 7.05 Å². The molecule has 0 radical (unpaired) electrons. The van der Waals surface area contributed by atoms with Crippen molar-refractivity contribution in [2.45, 2.75) is 19.4 Å². The van der Waals surface area contributed by atoms with Crippen LogP contribution >= 0.6 is 0 Å². The fraction of sp³-hybridized carbons (Fsp3) is 0.571. The number of aryl methyl sites for hydroxylation is 2. The number of nitrogens with zero attached hydrogens (tertiary/aromatic N) is 7. The maximum atomic E-state index is 4.72. The first kappa shape index (κ1) is 13.9. The number of hydrogen-bond acceptors (Lipinski definition) is 6. The van der Waals surface area contributed by atoms with Gasteiger partial charge >= 0.3 is 0 Å². The Morgan fingerprint density at radius 1 is 1.29 bits per heavy atom. The molecular weight excluding hydrogens is 266 g/mol. The van der Waals surface area contributed by atoms with Gasteiger partial charge in [-0.1, -0.05) is 0 Å². The topological polar surface area (TPSA) is 63.0 Å². The van der Waals surface area contributed by atoms with Crippen molar-refractivity contribution in [3.05, 3.63) is 18.1 Å². The molecule has 0 aliphatic carbocycles. The highest BCUT2D eigenvalue weighted by atomic mass is 15.3. The monoisotopic (exact) mass is 287 g/mol. The summed E-state index contributed by atoms with van der Waals surface area (Å²) in [6.45, 7) is 3.96. The molecule has 0 unspecified atom stereocenters. The molecule has 1 fully saturated rings. The van der Waals surface area contributed by atoms with Gasteiger partial charge < -0.3 is 9.80 Å². The highest BCUT2D eigenvalue weighted by molar-refractivity contribution is 5.56. The van der Waals surface area contributed by atoms with Crippen molar-refractivity contribution >= 4 is 5.95 Å². The van der Waals surface area contributed by atoms with Gasteiger partial charge in [0.2, 0.25) is 5.95 Å². The summed E-state index contributed by atoms with van der Waals surface area (Å²) >= 11 is 0. The zero-order chi connectivity index (χ0) is 15.0. The summed E-state index contributed by atoms with van der Waals surface area (Å²) in [5.74, 6) is 1.56. The zero-order valence-corrected chi connectivity index (χ0v) is 13.0. The minimum Gasteiger partial charge on any atom is -0.339 e. The molecule has 0 N–H and O–H groups in total. The molecule has 7 heteroatoms. The molecule has 112 valence electrons. The summed E-state index contributed by atoms with van der Waals surface area (Å²) in [6, 6.07) is 0.563. The van der Waals surface area contributed by atoms with Crippen molar-refractivity contribution in [2.24, 2.45) is 7.05 Å². The van der Waals surface area contributed by atoms with Crippen molar-refractivity contribution in [3.63, 3.8) is 0 Å². The van der Waals surface area contributed by atoms with E-state index in [0.29, 0.717) is 6.04 Å². The van der Waals surface area contributed by atoms with Gasteiger partial charge in [-0.05, 0) is 33.0 Å². The Bertz CT molecular complexity index is 634. The minimum atomic E-state index is 0.563. The molecule has 2 aromatic heterocycles. The fourth-order valence-electron chi connectivity index (χ4n) is 2.67. The maximum Gasteiger partial charge on any atom is 0.226 e. The molecular formula is C14H21N7. The quantitative estimate of drug-likeness (QED) is 0.829. The summed E-state index contributed by atoms with van der Waals surface area (Å²) in [4.78, 5) is 18.0. The Labute approximate surface area is 124 Å². The molecule has 1 saturated heterocycles. The second-order valence-corrected chi connectivity index (χ2v) is 5.76. The molecule has 2 aromatic rings. The van der Waals surface area contributed by atoms with E-state index < -0.39 is 0 Å². The highest BCUT2D eigenvalue weighted by Gasteiger charge is 2.26. The molecule has 0 spiro atoms. The summed E-state index contributed by atoms with van der Waals surface area (Å²) in [5, 5.41) is 4.12. The van der Waals surface area contributed by atoms with Crippen LogP contribution in [0.2, 0.25) is 0 Å². The lowest BCUT2D eigenvalue weighted by Crippen LogP contribution is -2.32. The lowest BCUT2D eigenvalue weighted by Gasteiger charge is -2.20. The first-order valence-electron chi connectivity index (χ1n) is 7.15. The van der Waals surface area contributed by atoms with Crippen LogP contribution in [0.4, 0.5) is 5.95 Å². The first-order chi connectivity index (χ1) is 10.1. The Hall–Kier alpha value is -2.02. The van der Waals surface area contributed by atoms with E-state index in [1.54, 1.807) is 11.0 Å². The SMILES string of the molecule is Cc1cnc(N2CC[C@H](N(C)C)C2)nc1-c1ncnn1C. The molecule has 1 aliphatic rings. The van der Waals surface area contributed by atoms with Gasteiger partial charge in [0, 0.05) is 32.4 Å². The molecule has 7 nitrogen and oxygen atoms in total. The van der Waals surface area contributed by atoms with Crippen LogP contribution in [0.15, 0.2) is 12.5 Å². The van der Waals surface area contributed by atoms with Gasteiger partial charge in [-0.25, -0.2) is 19.6 Å². The Morgan fingerprint density at radius 2 is 2.10 bits per heavy atom. The summed E-state index contributed by atoms with van der Waals surface area (Å²) in [6.07, 6.45) is 4.56. The molecule has 0 saturated carbocycles. The second-order valence-electron chi connectivity index (χ2n) is 5.76. The van der Waals surface area contributed by atoms with Crippen LogP contribution < -0.4 is 4.90 Å². The number of aromatic nitrogens is 5. The minimum absolute atomic E-state index is 0.563. The molecule has 1 aliphatic heterocycles. The predicted octanol–water partition coefficient (Wildman–Crippen LogP) is 0.721. The van der Waals surface area contributed by atoms with Crippen LogP contribution in [0.1, 0.15) is 12.0 Å². The lowest BCUT2D eigenvalue weighted by atomic mass is 10.2. The van der Waals surface area contributed by atoms with E-state index in [9.17, 15) is 0 Å². The maximum absolute atomic E-state index is 4.72. The van der Waals surface area contributed by atoms with E-state index in [0.717, 1.165) is 42.5 Å². The van der Waals surface area contributed by atoms with Crippen molar-refractivity contribution in [1.29, 1.82) is 0 Å². The summed E-state index contributed by atoms with van der Waals surface area (Å²) < 4.78 is 1.74. The largest absolute Gasteiger partial charge is 0.339 e. The van der Waals surface area contributed by atoms with E-state index >= 15 is 0 Å². The molecule has 0 amide bonds. The van der Waals surface area contributed by atoms with E-state index in [1.165, 1.54) is 0 Å². The predicted molar refractivity (Wildman–Crippen MR) is 81.1 cm³/mol. The van der Waals surface area contributed by atoms with Gasteiger partial charge in [-0.3, -0.25) is 0 Å². The van der Waals surface area contributed by atoms with Gasteiger partial charge in [0.1, 0.15) is 12.0 Å². The number of likely N-dealkylation sites (N-methyl/N-ethyl adjacent to an activating group) is 1. The van der Waals surface area contributed by atoms with Crippen LogP contribution in [0.3, 0.4) is 0 Å². The lowest BCUT2D eigenvalue weighted by molar-refractivity contribution is 0.315. The number of rotatable bonds is 3.